The number of amides is 1. The number of ether oxygens (including phenoxy) is 4. The first-order valence-corrected chi connectivity index (χ1v) is 10.8. The number of nitrogens with one attached hydrogen (secondary N) is 2. The lowest BCUT2D eigenvalue weighted by molar-refractivity contribution is -0.0105. The molecule has 0 spiro atoms. The van der Waals surface area contributed by atoms with E-state index in [1.807, 2.05) is 7.05 Å². The van der Waals surface area contributed by atoms with Crippen molar-refractivity contribution >= 4 is 17.5 Å². The first-order valence-electron chi connectivity index (χ1n) is 10.4. The number of benzene rings is 1. The number of hydrogen-bond donors (Lipinski definition) is 2. The van der Waals surface area contributed by atoms with Crippen molar-refractivity contribution in [2.45, 2.75) is 18.9 Å². The van der Waals surface area contributed by atoms with Crippen molar-refractivity contribution in [3.63, 3.8) is 0 Å². The van der Waals surface area contributed by atoms with E-state index in [9.17, 15) is 4.79 Å². The second-order valence-electron chi connectivity index (χ2n) is 7.59. The maximum absolute atomic E-state index is 12.9. The smallest absolute Gasteiger partial charge is 0.255 e. The van der Waals surface area contributed by atoms with E-state index in [-0.39, 0.29) is 17.9 Å². The molecule has 0 radical (unpaired) electrons. The van der Waals surface area contributed by atoms with Gasteiger partial charge in [-0.3, -0.25) is 4.79 Å². The van der Waals surface area contributed by atoms with Crippen LogP contribution in [0.5, 0.6) is 17.2 Å². The van der Waals surface area contributed by atoms with E-state index < -0.39 is 0 Å². The fourth-order valence-corrected chi connectivity index (χ4v) is 4.32. The molecule has 0 aliphatic carbocycles. The Kier molecular flexibility index (Phi) is 8.44. The van der Waals surface area contributed by atoms with E-state index in [4.69, 9.17) is 30.5 Å². The summed E-state index contributed by atoms with van der Waals surface area (Å²) in [7, 11) is 5.22. The molecule has 0 aromatic heterocycles. The molecule has 2 heterocycles. The Balaban J connectivity index is 1.62. The molecule has 2 aliphatic heterocycles. The van der Waals surface area contributed by atoms with Gasteiger partial charge in [0.1, 0.15) is 13.2 Å². The van der Waals surface area contributed by atoms with Gasteiger partial charge < -0.3 is 34.5 Å². The lowest BCUT2D eigenvalue weighted by Gasteiger charge is -2.38. The zero-order valence-electron chi connectivity index (χ0n) is 18.0. The fraction of sp³-hybridized carbons (Fsp3) is 0.667. The number of fused-ring (bicyclic) bond motifs is 1. The third kappa shape index (κ3) is 5.29. The van der Waals surface area contributed by atoms with Crippen LogP contribution in [0.1, 0.15) is 23.2 Å². The topological polar surface area (TPSA) is 81.3 Å². The van der Waals surface area contributed by atoms with Gasteiger partial charge in [0.15, 0.2) is 11.5 Å². The summed E-state index contributed by atoms with van der Waals surface area (Å²) < 4.78 is 22.4. The molecule has 9 heteroatoms. The van der Waals surface area contributed by atoms with Crippen molar-refractivity contribution in [2.24, 2.45) is 5.92 Å². The quantitative estimate of drug-likeness (QED) is 0.565. The molecule has 0 unspecified atom stereocenters. The first kappa shape index (κ1) is 22.9. The lowest BCUT2D eigenvalue weighted by atomic mass is 9.93. The van der Waals surface area contributed by atoms with Crippen LogP contribution in [0.15, 0.2) is 6.07 Å². The average molecular weight is 442 g/mol. The van der Waals surface area contributed by atoms with Crippen LogP contribution < -0.4 is 24.8 Å². The molecule has 1 saturated heterocycles. The summed E-state index contributed by atoms with van der Waals surface area (Å²) in [5.41, 5.74) is 0.356. The van der Waals surface area contributed by atoms with Crippen LogP contribution in [0.2, 0.25) is 5.02 Å². The molecule has 168 valence electrons. The molecule has 1 amide bonds. The molecule has 1 aromatic rings. The van der Waals surface area contributed by atoms with Crippen LogP contribution >= 0.6 is 11.6 Å². The summed E-state index contributed by atoms with van der Waals surface area (Å²) in [5, 5.41) is 6.53. The minimum Gasteiger partial charge on any atom is -0.491 e. The van der Waals surface area contributed by atoms with Crippen molar-refractivity contribution in [1.29, 1.82) is 0 Å². The van der Waals surface area contributed by atoms with Crippen LogP contribution in [-0.2, 0) is 4.74 Å². The zero-order chi connectivity index (χ0) is 21.5. The third-order valence-corrected chi connectivity index (χ3v) is 5.96. The van der Waals surface area contributed by atoms with E-state index in [2.05, 4.69) is 15.5 Å². The van der Waals surface area contributed by atoms with Gasteiger partial charge in [-0.05, 0) is 45.6 Å². The normalized spacial score (nSPS) is 21.3. The standard InChI is InChI=1S/C21H32ClN3O5/c1-23-6-4-7-25-8-5-14(17(13-25)27-2)12-24-21(26)15-11-16(22)19(28-3)20-18(15)29-9-10-30-20/h11,14,17,23H,4-10,12-13H2,1-3H3,(H,24,26)/t14-,17+/m0/s1. The first-order chi connectivity index (χ1) is 14.6. The monoisotopic (exact) mass is 441 g/mol. The second kappa shape index (κ2) is 11.0. The van der Waals surface area contributed by atoms with E-state index in [0.717, 1.165) is 39.0 Å². The Hall–Kier alpha value is -1.74. The van der Waals surface area contributed by atoms with Crippen LogP contribution in [0.25, 0.3) is 0 Å². The van der Waals surface area contributed by atoms with E-state index in [1.54, 1.807) is 13.2 Å². The molecule has 0 bridgehead atoms. The summed E-state index contributed by atoms with van der Waals surface area (Å²) in [5.74, 6) is 1.15. The predicted octanol–water partition coefficient (Wildman–Crippen LogP) is 1.80. The predicted molar refractivity (Wildman–Crippen MR) is 115 cm³/mol. The summed E-state index contributed by atoms with van der Waals surface area (Å²) >= 11 is 6.30. The van der Waals surface area contributed by atoms with Gasteiger partial charge in [-0.15, -0.1) is 0 Å². The molecule has 8 nitrogen and oxygen atoms in total. The summed E-state index contributed by atoms with van der Waals surface area (Å²) in [6, 6.07) is 1.57. The second-order valence-corrected chi connectivity index (χ2v) is 7.99. The molecule has 3 rings (SSSR count). The largest absolute Gasteiger partial charge is 0.491 e. The van der Waals surface area contributed by atoms with Gasteiger partial charge in [-0.2, -0.15) is 0 Å². The number of nitrogens with zero attached hydrogens (tertiary/aromatic N) is 1. The Morgan fingerprint density at radius 1 is 1.30 bits per heavy atom. The molecule has 2 aliphatic rings. The Morgan fingerprint density at radius 2 is 2.07 bits per heavy atom. The number of carbonyl (C=O) groups is 1. The molecule has 30 heavy (non-hydrogen) atoms. The summed E-state index contributed by atoms with van der Waals surface area (Å²) in [4.78, 5) is 15.4. The average Bonchev–Trinajstić information content (AvgIpc) is 2.77. The van der Waals surface area contributed by atoms with Gasteiger partial charge in [-0.25, -0.2) is 0 Å². The fourth-order valence-electron chi connectivity index (χ4n) is 4.04. The lowest BCUT2D eigenvalue weighted by Crippen LogP contribution is -2.48. The van der Waals surface area contributed by atoms with Gasteiger partial charge in [0, 0.05) is 26.1 Å². The maximum Gasteiger partial charge on any atom is 0.255 e. The number of likely N-dealkylation sites (tertiary alicyclic amines) is 1. The number of carbonyl (C=O) groups excluding carboxylic acids is 1. The van der Waals surface area contributed by atoms with E-state index in [0.29, 0.717) is 47.6 Å². The van der Waals surface area contributed by atoms with Crippen molar-refractivity contribution in [3.05, 3.63) is 16.7 Å². The Morgan fingerprint density at radius 3 is 2.77 bits per heavy atom. The van der Waals surface area contributed by atoms with Crippen molar-refractivity contribution in [2.75, 3.05) is 67.2 Å². The van der Waals surface area contributed by atoms with Gasteiger partial charge in [-0.1, -0.05) is 11.6 Å². The molecule has 0 saturated carbocycles. The molecule has 2 N–H and O–H groups in total. The number of hydrogen-bond acceptors (Lipinski definition) is 7. The van der Waals surface area contributed by atoms with Crippen molar-refractivity contribution < 1.29 is 23.7 Å². The highest BCUT2D eigenvalue weighted by atomic mass is 35.5. The zero-order valence-corrected chi connectivity index (χ0v) is 18.7. The van der Waals surface area contributed by atoms with E-state index in [1.165, 1.54) is 7.11 Å². The maximum atomic E-state index is 12.9. The van der Waals surface area contributed by atoms with Crippen LogP contribution in [0, 0.1) is 5.92 Å². The van der Waals surface area contributed by atoms with Gasteiger partial charge in [0.2, 0.25) is 5.75 Å². The molecular formula is C21H32ClN3O5. The minimum absolute atomic E-state index is 0.0848. The van der Waals surface area contributed by atoms with Gasteiger partial charge >= 0.3 is 0 Å². The van der Waals surface area contributed by atoms with Crippen LogP contribution in [0.3, 0.4) is 0 Å². The number of methoxy groups -OCH3 is 2. The number of rotatable bonds is 9. The Bertz CT molecular complexity index is 733. The SMILES string of the molecule is CNCCCN1CC[C@@H](CNC(=O)c2cc(Cl)c(OC)c3c2OCCO3)[C@H](OC)C1. The van der Waals surface area contributed by atoms with Gasteiger partial charge in [0.25, 0.3) is 5.91 Å². The highest BCUT2D eigenvalue weighted by Crippen LogP contribution is 2.46. The Labute approximate surface area is 183 Å². The number of piperidine rings is 1. The highest BCUT2D eigenvalue weighted by Gasteiger charge is 2.31. The molecular weight excluding hydrogens is 410 g/mol. The van der Waals surface area contributed by atoms with Crippen LogP contribution in [0.4, 0.5) is 0 Å². The van der Waals surface area contributed by atoms with E-state index >= 15 is 0 Å². The van der Waals surface area contributed by atoms with Crippen molar-refractivity contribution in [1.82, 2.24) is 15.5 Å². The highest BCUT2D eigenvalue weighted by molar-refractivity contribution is 6.33. The summed E-state index contributed by atoms with van der Waals surface area (Å²) in [6.07, 6.45) is 2.17. The summed E-state index contributed by atoms with van der Waals surface area (Å²) in [6.45, 7) is 5.22. The molecule has 1 aromatic carbocycles. The third-order valence-electron chi connectivity index (χ3n) is 5.68. The van der Waals surface area contributed by atoms with Crippen molar-refractivity contribution in [3.8, 4) is 17.2 Å². The van der Waals surface area contributed by atoms with Gasteiger partial charge in [0.05, 0.1) is 23.8 Å². The molecule has 1 fully saturated rings. The molecule has 2 atom stereocenters. The number of halogens is 1. The minimum atomic E-state index is -0.243. The van der Waals surface area contributed by atoms with Crippen LogP contribution in [-0.4, -0.2) is 84.1 Å².